The van der Waals surface area contributed by atoms with Crippen LogP contribution < -0.4 is 5.32 Å². The van der Waals surface area contributed by atoms with Gasteiger partial charge < -0.3 is 5.32 Å². The van der Waals surface area contributed by atoms with E-state index >= 15 is 0 Å². The lowest BCUT2D eigenvalue weighted by Gasteiger charge is -2.28. The Bertz CT molecular complexity index is 1120. The number of benzene rings is 3. The van der Waals surface area contributed by atoms with Gasteiger partial charge in [0.15, 0.2) is 0 Å². The molecule has 1 fully saturated rings. The zero-order chi connectivity index (χ0) is 19.5. The van der Waals surface area contributed by atoms with Crippen LogP contribution in [0.1, 0.15) is 5.56 Å². The minimum Gasteiger partial charge on any atom is -0.314 e. The molecule has 3 aromatic carbocycles. The summed E-state index contributed by atoms with van der Waals surface area (Å²) in [5, 5.41) is 4.62. The van der Waals surface area contributed by atoms with Gasteiger partial charge in [-0.2, -0.15) is 0 Å². The summed E-state index contributed by atoms with van der Waals surface area (Å²) < 4.78 is 0. The molecule has 0 unspecified atom stereocenters. The third-order valence-electron chi connectivity index (χ3n) is 5.76. The van der Waals surface area contributed by atoms with Crippen LogP contribution in [0, 0.1) is 0 Å². The Balaban J connectivity index is 1.62. The van der Waals surface area contributed by atoms with Crippen molar-refractivity contribution in [2.45, 2.75) is 6.54 Å². The fourth-order valence-electron chi connectivity index (χ4n) is 4.31. The van der Waals surface area contributed by atoms with Crippen LogP contribution in [0.2, 0.25) is 0 Å². The van der Waals surface area contributed by atoms with Crippen molar-refractivity contribution in [2.75, 3.05) is 26.2 Å². The van der Waals surface area contributed by atoms with E-state index in [1.807, 2.05) is 12.3 Å². The lowest BCUT2D eigenvalue weighted by atomic mass is 9.90. The van der Waals surface area contributed by atoms with Crippen molar-refractivity contribution < 1.29 is 0 Å². The number of hydrogen-bond acceptors (Lipinski definition) is 3. The van der Waals surface area contributed by atoms with E-state index in [9.17, 15) is 0 Å². The van der Waals surface area contributed by atoms with Gasteiger partial charge in [0.2, 0.25) is 0 Å². The van der Waals surface area contributed by atoms with Crippen molar-refractivity contribution in [3.8, 4) is 22.3 Å². The number of aromatic nitrogens is 1. The van der Waals surface area contributed by atoms with Gasteiger partial charge in [-0.25, -0.2) is 0 Å². The van der Waals surface area contributed by atoms with Crippen molar-refractivity contribution in [1.29, 1.82) is 0 Å². The molecule has 0 atom stereocenters. The molecule has 5 rings (SSSR count). The summed E-state index contributed by atoms with van der Waals surface area (Å²) in [5.41, 5.74) is 7.46. The second-order valence-corrected chi connectivity index (χ2v) is 7.61. The minimum absolute atomic E-state index is 0.986. The normalized spacial score (nSPS) is 14.9. The molecule has 29 heavy (non-hydrogen) atoms. The molecule has 3 heteroatoms. The smallest absolute Gasteiger partial charge is 0.0780 e. The van der Waals surface area contributed by atoms with Gasteiger partial charge in [0.25, 0.3) is 0 Å². The lowest BCUT2D eigenvalue weighted by Crippen LogP contribution is -2.42. The zero-order valence-corrected chi connectivity index (χ0v) is 16.5. The molecule has 2 heterocycles. The molecule has 0 saturated carbocycles. The number of hydrogen-bond donors (Lipinski definition) is 1. The zero-order valence-electron chi connectivity index (χ0n) is 16.5. The molecule has 4 aromatic rings. The van der Waals surface area contributed by atoms with Crippen LogP contribution in [0.25, 0.3) is 33.2 Å². The molecule has 144 valence electrons. The molecular formula is C26H25N3. The lowest BCUT2D eigenvalue weighted by molar-refractivity contribution is 0.233. The minimum atomic E-state index is 0.986. The molecule has 1 aliphatic heterocycles. The number of fused-ring (bicyclic) bond motifs is 1. The van der Waals surface area contributed by atoms with E-state index in [0.29, 0.717) is 0 Å². The second-order valence-electron chi connectivity index (χ2n) is 7.61. The Hall–Kier alpha value is -3.01. The quantitative estimate of drug-likeness (QED) is 0.542. The van der Waals surface area contributed by atoms with Crippen molar-refractivity contribution in [1.82, 2.24) is 15.2 Å². The molecule has 1 aromatic heterocycles. The van der Waals surface area contributed by atoms with Gasteiger partial charge in [-0.1, -0.05) is 72.8 Å². The Labute approximate surface area is 172 Å². The van der Waals surface area contributed by atoms with Crippen LogP contribution in [-0.4, -0.2) is 36.1 Å². The van der Waals surface area contributed by atoms with E-state index in [1.54, 1.807) is 0 Å². The highest BCUT2D eigenvalue weighted by atomic mass is 15.2. The average molecular weight is 380 g/mol. The van der Waals surface area contributed by atoms with Crippen LogP contribution in [0.15, 0.2) is 85.1 Å². The Morgan fingerprint density at radius 3 is 2.17 bits per heavy atom. The van der Waals surface area contributed by atoms with E-state index < -0.39 is 0 Å². The van der Waals surface area contributed by atoms with Crippen LogP contribution in [0.4, 0.5) is 0 Å². The highest BCUT2D eigenvalue weighted by molar-refractivity contribution is 5.98. The fraction of sp³-hybridized carbons (Fsp3) is 0.192. The molecule has 1 saturated heterocycles. The van der Waals surface area contributed by atoms with E-state index in [4.69, 9.17) is 4.98 Å². The number of rotatable bonds is 4. The summed E-state index contributed by atoms with van der Waals surface area (Å²) in [4.78, 5) is 7.23. The highest BCUT2D eigenvalue weighted by Gasteiger charge is 2.16. The summed E-state index contributed by atoms with van der Waals surface area (Å²) in [6, 6.07) is 28.1. The first-order chi connectivity index (χ1) is 14.4. The van der Waals surface area contributed by atoms with Gasteiger partial charge in [-0.05, 0) is 28.3 Å². The predicted molar refractivity (Wildman–Crippen MR) is 121 cm³/mol. The molecule has 1 aliphatic rings. The van der Waals surface area contributed by atoms with E-state index in [-0.39, 0.29) is 0 Å². The Morgan fingerprint density at radius 1 is 0.690 bits per heavy atom. The predicted octanol–water partition coefficient (Wildman–Crippen LogP) is 4.97. The maximum Gasteiger partial charge on any atom is 0.0780 e. The fourth-order valence-corrected chi connectivity index (χ4v) is 4.31. The maximum absolute atomic E-state index is 4.69. The van der Waals surface area contributed by atoms with E-state index in [0.717, 1.165) is 38.2 Å². The van der Waals surface area contributed by atoms with Crippen LogP contribution >= 0.6 is 0 Å². The van der Waals surface area contributed by atoms with Crippen molar-refractivity contribution in [2.24, 2.45) is 0 Å². The highest BCUT2D eigenvalue weighted by Crippen LogP contribution is 2.37. The monoisotopic (exact) mass is 379 g/mol. The molecule has 1 N–H and O–H groups in total. The van der Waals surface area contributed by atoms with Gasteiger partial charge in [0.05, 0.1) is 5.52 Å². The van der Waals surface area contributed by atoms with Gasteiger partial charge in [0, 0.05) is 49.9 Å². The van der Waals surface area contributed by atoms with E-state index in [2.05, 4.69) is 83.0 Å². The number of pyridine rings is 1. The summed E-state index contributed by atoms with van der Waals surface area (Å²) >= 11 is 0. The van der Waals surface area contributed by atoms with Crippen molar-refractivity contribution >= 4 is 10.9 Å². The summed E-state index contributed by atoms with van der Waals surface area (Å²) in [5.74, 6) is 0. The van der Waals surface area contributed by atoms with Crippen LogP contribution in [0.3, 0.4) is 0 Å². The molecule has 0 radical (unpaired) electrons. The summed E-state index contributed by atoms with van der Waals surface area (Å²) in [6.45, 7) is 5.33. The van der Waals surface area contributed by atoms with Crippen molar-refractivity contribution in [3.63, 3.8) is 0 Å². The van der Waals surface area contributed by atoms with Crippen LogP contribution in [0.5, 0.6) is 0 Å². The first kappa shape index (κ1) is 18.0. The van der Waals surface area contributed by atoms with Gasteiger partial charge >= 0.3 is 0 Å². The summed E-state index contributed by atoms with van der Waals surface area (Å²) in [6.07, 6.45) is 1.88. The first-order valence-electron chi connectivity index (χ1n) is 10.3. The molecule has 0 amide bonds. The van der Waals surface area contributed by atoms with Gasteiger partial charge in [0.1, 0.15) is 0 Å². The second kappa shape index (κ2) is 8.16. The van der Waals surface area contributed by atoms with Gasteiger partial charge in [-0.3, -0.25) is 9.88 Å². The Kier molecular flexibility index (Phi) is 5.08. The number of para-hydroxylation sites is 1. The molecular weight excluding hydrogens is 354 g/mol. The molecule has 0 aliphatic carbocycles. The van der Waals surface area contributed by atoms with Crippen LogP contribution in [-0.2, 0) is 6.54 Å². The standard InChI is InChI=1S/C26H25N3/c1-2-10-22(21(7-1)19-29-17-15-27-16-18-29)23-11-3-4-12-24(23)25-13-5-8-20-9-6-14-28-26(20)25/h1-14,27H,15-19H2. The molecule has 0 bridgehead atoms. The molecule has 0 spiro atoms. The number of nitrogens with one attached hydrogen (secondary N) is 1. The third kappa shape index (κ3) is 3.67. The number of nitrogens with zero attached hydrogens (tertiary/aromatic N) is 2. The first-order valence-corrected chi connectivity index (χ1v) is 10.3. The van der Waals surface area contributed by atoms with Gasteiger partial charge in [-0.15, -0.1) is 0 Å². The average Bonchev–Trinajstić information content (AvgIpc) is 2.80. The largest absolute Gasteiger partial charge is 0.314 e. The molecule has 3 nitrogen and oxygen atoms in total. The number of piperazine rings is 1. The summed E-state index contributed by atoms with van der Waals surface area (Å²) in [7, 11) is 0. The third-order valence-corrected chi connectivity index (χ3v) is 5.76. The SMILES string of the molecule is c1ccc(-c2ccccc2-c2cccc3cccnc23)c(CN2CCNCC2)c1. The Morgan fingerprint density at radius 2 is 1.34 bits per heavy atom. The van der Waals surface area contributed by atoms with E-state index in [1.165, 1.54) is 33.2 Å². The topological polar surface area (TPSA) is 28.2 Å². The maximum atomic E-state index is 4.69. The van der Waals surface area contributed by atoms with Crippen molar-refractivity contribution in [3.05, 3.63) is 90.6 Å².